The maximum atomic E-state index is 15.0. The van der Waals surface area contributed by atoms with Crippen molar-refractivity contribution in [1.82, 2.24) is 56.4 Å². The van der Waals surface area contributed by atoms with Crippen LogP contribution in [0.3, 0.4) is 0 Å². The molecule has 2 aliphatic heterocycles. The lowest BCUT2D eigenvalue weighted by molar-refractivity contribution is -0.148. The Labute approximate surface area is 660 Å². The molecular weight excluding hydrogens is 1480 g/mol. The number of benzene rings is 2. The number of urea groups is 1. The van der Waals surface area contributed by atoms with E-state index in [0.717, 1.165) is 25.0 Å². The quantitative estimate of drug-likeness (QED) is 0.0274. The third kappa shape index (κ3) is 28.4. The van der Waals surface area contributed by atoms with Crippen LogP contribution in [0.5, 0.6) is 0 Å². The van der Waals surface area contributed by atoms with E-state index in [4.69, 9.17) is 24.7 Å². The van der Waals surface area contributed by atoms with E-state index < -0.39 is 137 Å². The summed E-state index contributed by atoms with van der Waals surface area (Å²) in [7, 11) is 9.46. The van der Waals surface area contributed by atoms with Gasteiger partial charge in [-0.2, -0.15) is 0 Å². The fraction of sp³-hybridized carbons (Fsp3) is 0.679. The first kappa shape index (κ1) is 93.8. The molecule has 31 nitrogen and oxygen atoms in total. The van der Waals surface area contributed by atoms with Gasteiger partial charge in [-0.15, -0.1) is 11.8 Å². The Bertz CT molecular complexity index is 3510. The van der Waals surface area contributed by atoms with Crippen molar-refractivity contribution in [3.8, 4) is 0 Å². The zero-order valence-corrected chi connectivity index (χ0v) is 68.4. The maximum Gasteiger partial charge on any atom is 0.409 e. The molecule has 5 rings (SSSR count). The highest BCUT2D eigenvalue weighted by Crippen LogP contribution is 2.52. The van der Waals surface area contributed by atoms with Crippen LogP contribution in [-0.2, 0) is 79.9 Å². The lowest BCUT2D eigenvalue weighted by Gasteiger charge is -2.41. The second kappa shape index (κ2) is 45.2. The van der Waals surface area contributed by atoms with Crippen LogP contribution in [-0.4, -0.2) is 254 Å². The number of anilines is 1. The minimum absolute atomic E-state index is 0.00405. The Morgan fingerprint density at radius 3 is 1.99 bits per heavy atom. The first-order valence-corrected chi connectivity index (χ1v) is 39.7. The maximum absolute atomic E-state index is 15.0. The summed E-state index contributed by atoms with van der Waals surface area (Å²) in [5, 5.41) is 27.8. The molecule has 3 fully saturated rings. The topological polar surface area (TPSA) is 405 Å². The number of carboxylic acid groups (broad SMARTS) is 1. The molecule has 13 amide bonds. The third-order valence-corrected chi connectivity index (χ3v) is 22.6. The summed E-state index contributed by atoms with van der Waals surface area (Å²) >= 11 is 1.34. The number of nitrogens with one attached hydrogen (secondary N) is 7. The van der Waals surface area contributed by atoms with Crippen LogP contribution in [0, 0.1) is 46.6 Å². The molecule has 626 valence electrons. The summed E-state index contributed by atoms with van der Waals surface area (Å²) < 4.78 is 52.7. The zero-order valence-electron chi connectivity index (χ0n) is 67.6. The largest absolute Gasteiger partial charge is 0.481 e. The Kier molecular flexibility index (Phi) is 37.9. The summed E-state index contributed by atoms with van der Waals surface area (Å²) in [6, 6.07) is 3.75. The second-order valence-electron chi connectivity index (χ2n) is 30.9. The summed E-state index contributed by atoms with van der Waals surface area (Å²) in [6.45, 7) is 16.0. The number of amides is 13. The van der Waals surface area contributed by atoms with E-state index in [1.165, 1.54) is 58.7 Å². The number of carbonyl (C=O) groups is 13. The number of thioether (sulfide) groups is 1. The lowest BCUT2D eigenvalue weighted by Crippen LogP contribution is -2.59. The Hall–Kier alpha value is -8.76. The number of alkyl carbamates (subject to hydrolysis) is 1. The Morgan fingerprint density at radius 1 is 0.750 bits per heavy atom. The van der Waals surface area contributed by atoms with Crippen LogP contribution in [0.1, 0.15) is 157 Å². The van der Waals surface area contributed by atoms with E-state index in [0.29, 0.717) is 42.7 Å². The van der Waals surface area contributed by atoms with Gasteiger partial charge in [0.1, 0.15) is 42.5 Å². The molecule has 112 heavy (non-hydrogen) atoms. The van der Waals surface area contributed by atoms with Crippen molar-refractivity contribution in [2.24, 2.45) is 40.7 Å². The van der Waals surface area contributed by atoms with E-state index in [2.05, 4.69) is 37.2 Å². The van der Waals surface area contributed by atoms with E-state index in [1.807, 2.05) is 41.5 Å². The molecular formula is C78H121F2N13O18S. The van der Waals surface area contributed by atoms with Crippen molar-refractivity contribution < 1.29 is 95.2 Å². The zero-order chi connectivity index (χ0) is 83.4. The standard InChI is InChI=1S/C78H121F2N13O18S/c1-16-48(8)67(91(13)74(104)65(46(4)5)88-72(102)66(47(6)7)89(10)11)58(108-14)39-61(95)93-42-52(38-57(93)68(109-15)49(9)69(99)82-34-30-53-54(79)22-20-23-55(53)80)111-77(107)90(12)37-35-84-76(106)110-43-50-26-28-51(29-27-50)85-70(100)56(24-21-33-83-75(81)105)86-71(101)64(45(2)3)87-60(94)25-18-17-19-36-92-62(96)40-59(73(92)103)112-44-78(31-32-78)41-63(97)98/h20,22-23,26-29,45-49,52,56-59,64-68H,16-19,21,24-25,30-44H2,1-15H3,(H,82,99)(H,84,106)(H,85,100)(H,86,101)(H,87,94)(H,88,102)(H,97,98)(H3,81,83,105)/t48-,49+,52-,56-,57-,58+,59?,64-,65-,66-,67-,68+/m0/s1. The van der Waals surface area contributed by atoms with Gasteiger partial charge < -0.3 is 81.7 Å². The minimum atomic E-state index is -1.15. The van der Waals surface area contributed by atoms with Gasteiger partial charge >= 0.3 is 24.2 Å². The number of nitrogens with zero attached hydrogens (tertiary/aromatic N) is 5. The SMILES string of the molecule is CC[C@H](C)[C@@H]([C@@H](CC(=O)N1C[C@@H](OC(=O)N(C)CCNC(=O)OCc2ccc(NC(=O)[C@H](CCCNC(N)=O)NC(=O)[C@@H](NC(=O)CCCCCN3C(=O)CC(SCC4(CC(=O)O)CC4)C3=O)C(C)C)cc2)C[C@H]1[C@H](OC)[C@@H](C)C(=O)NCCc1c(F)cccc1F)OC)N(C)C(=O)[C@@H](NC(=O)[C@H](C(C)C)N(C)C)C(C)C. The fourth-order valence-electron chi connectivity index (χ4n) is 14.2. The molecule has 2 aromatic rings. The number of methoxy groups -OCH3 is 2. The second-order valence-corrected chi connectivity index (χ2v) is 32.1. The van der Waals surface area contributed by atoms with Crippen molar-refractivity contribution in [1.29, 1.82) is 0 Å². The predicted molar refractivity (Wildman–Crippen MR) is 415 cm³/mol. The number of hydrogen-bond donors (Lipinski definition) is 9. The number of halogens is 2. The molecule has 34 heteroatoms. The number of unbranched alkanes of at least 4 members (excludes halogenated alkanes) is 2. The number of likely N-dealkylation sites (N-methyl/N-ethyl adjacent to an activating group) is 3. The Balaban J connectivity index is 1.16. The van der Waals surface area contributed by atoms with Crippen LogP contribution >= 0.6 is 11.8 Å². The van der Waals surface area contributed by atoms with Gasteiger partial charge in [-0.3, -0.25) is 57.7 Å². The molecule has 1 unspecified atom stereocenters. The van der Waals surface area contributed by atoms with Gasteiger partial charge in [0.2, 0.25) is 53.2 Å². The third-order valence-electron chi connectivity index (χ3n) is 21.0. The van der Waals surface area contributed by atoms with Crippen LogP contribution in [0.2, 0.25) is 0 Å². The first-order chi connectivity index (χ1) is 52.9. The summed E-state index contributed by atoms with van der Waals surface area (Å²) in [4.78, 5) is 181. The highest BCUT2D eigenvalue weighted by molar-refractivity contribution is 8.00. The van der Waals surface area contributed by atoms with Crippen molar-refractivity contribution in [3.05, 3.63) is 65.2 Å². The number of hydrogen-bond acceptors (Lipinski definition) is 19. The number of aliphatic carboxylic acids is 1. The highest BCUT2D eigenvalue weighted by Gasteiger charge is 2.49. The molecule has 0 aromatic heterocycles. The van der Waals surface area contributed by atoms with Crippen LogP contribution in [0.25, 0.3) is 0 Å². The molecule has 1 saturated carbocycles. The molecule has 2 heterocycles. The average Bonchev–Trinajstić information content (AvgIpc) is 1.73. The highest BCUT2D eigenvalue weighted by atomic mass is 32.2. The van der Waals surface area contributed by atoms with E-state index in [-0.39, 0.29) is 150 Å². The van der Waals surface area contributed by atoms with Gasteiger partial charge in [0.25, 0.3) is 0 Å². The molecule has 12 atom stereocenters. The van der Waals surface area contributed by atoms with Gasteiger partial charge in [-0.25, -0.2) is 23.2 Å². The normalized spacial score (nSPS) is 18.3. The van der Waals surface area contributed by atoms with Crippen LogP contribution in [0.15, 0.2) is 42.5 Å². The number of likely N-dealkylation sites (tertiary alicyclic amines) is 2. The molecule has 0 radical (unpaired) electrons. The van der Waals surface area contributed by atoms with E-state index >= 15 is 4.79 Å². The van der Waals surface area contributed by atoms with Gasteiger partial charge in [0.05, 0.1) is 60.9 Å². The number of carbonyl (C=O) groups excluding carboxylic acids is 12. The smallest absolute Gasteiger partial charge is 0.409 e. The summed E-state index contributed by atoms with van der Waals surface area (Å²) in [6.07, 6.45) is -1.10. The van der Waals surface area contributed by atoms with Gasteiger partial charge in [-0.1, -0.05) is 93.4 Å². The number of carboxylic acids is 1. The van der Waals surface area contributed by atoms with E-state index in [9.17, 15) is 71.4 Å². The number of imide groups is 1. The molecule has 1 aliphatic carbocycles. The van der Waals surface area contributed by atoms with Crippen molar-refractivity contribution >= 4 is 94.8 Å². The van der Waals surface area contributed by atoms with E-state index in [1.54, 1.807) is 71.1 Å². The van der Waals surface area contributed by atoms with Crippen LogP contribution < -0.4 is 43.0 Å². The Morgan fingerprint density at radius 2 is 1.41 bits per heavy atom. The van der Waals surface area contributed by atoms with Crippen molar-refractivity contribution in [3.63, 3.8) is 0 Å². The molecule has 2 saturated heterocycles. The van der Waals surface area contributed by atoms with Gasteiger partial charge in [0.15, 0.2) is 0 Å². The van der Waals surface area contributed by atoms with Gasteiger partial charge in [0, 0.05) is 97.3 Å². The lowest BCUT2D eigenvalue weighted by atomic mass is 9.89. The predicted octanol–water partition coefficient (Wildman–Crippen LogP) is 5.93. The van der Waals surface area contributed by atoms with Crippen molar-refractivity contribution in [2.75, 3.05) is 92.7 Å². The molecule has 3 aliphatic rings. The monoisotopic (exact) mass is 1600 g/mol. The molecule has 2 aromatic carbocycles. The van der Waals surface area contributed by atoms with Crippen LogP contribution in [0.4, 0.5) is 28.9 Å². The fourth-order valence-corrected chi connectivity index (χ4v) is 15.7. The summed E-state index contributed by atoms with van der Waals surface area (Å²) in [5.74, 6) is -7.89. The summed E-state index contributed by atoms with van der Waals surface area (Å²) in [5.41, 5.74) is 5.57. The number of primary amides is 1. The number of rotatable bonds is 47. The molecule has 0 bridgehead atoms. The van der Waals surface area contributed by atoms with Crippen molar-refractivity contribution in [2.45, 2.75) is 219 Å². The molecule has 10 N–H and O–H groups in total. The minimum Gasteiger partial charge on any atom is -0.481 e. The first-order valence-electron chi connectivity index (χ1n) is 38.7. The average molecular weight is 1600 g/mol. The number of nitrogens with two attached hydrogens (primary N) is 1. The van der Waals surface area contributed by atoms with Gasteiger partial charge in [-0.05, 0) is 118 Å². The molecule has 0 spiro atoms. The number of ether oxygens (including phenoxy) is 4.